The molecule has 1 aliphatic rings. The SMILES string of the molecule is COC(CN1C(=O)c2c(F)cccc2C1C#N)OC. The molecule has 1 aromatic rings. The normalized spacial score (nSPS) is 17.7. The van der Waals surface area contributed by atoms with E-state index in [9.17, 15) is 14.4 Å². The van der Waals surface area contributed by atoms with Gasteiger partial charge in [0.25, 0.3) is 5.91 Å². The lowest BCUT2D eigenvalue weighted by molar-refractivity contribution is -0.113. The molecule has 0 aromatic heterocycles. The Morgan fingerprint density at radius 2 is 2.16 bits per heavy atom. The van der Waals surface area contributed by atoms with E-state index in [4.69, 9.17) is 9.47 Å². The third-order valence-electron chi connectivity index (χ3n) is 3.12. The van der Waals surface area contributed by atoms with E-state index >= 15 is 0 Å². The van der Waals surface area contributed by atoms with E-state index in [-0.39, 0.29) is 12.1 Å². The maximum Gasteiger partial charge on any atom is 0.258 e. The molecule has 1 aliphatic heterocycles. The lowest BCUT2D eigenvalue weighted by Gasteiger charge is -2.24. The Morgan fingerprint density at radius 3 is 2.74 bits per heavy atom. The number of fused-ring (bicyclic) bond motifs is 1. The second-order valence-corrected chi connectivity index (χ2v) is 4.09. The number of nitrogens with zero attached hydrogens (tertiary/aromatic N) is 2. The summed E-state index contributed by atoms with van der Waals surface area (Å²) in [6.45, 7) is 0.0676. The van der Waals surface area contributed by atoms with Crippen molar-refractivity contribution in [3.63, 3.8) is 0 Å². The van der Waals surface area contributed by atoms with Crippen molar-refractivity contribution < 1.29 is 18.7 Å². The van der Waals surface area contributed by atoms with Gasteiger partial charge in [-0.2, -0.15) is 5.26 Å². The minimum atomic E-state index is -0.814. The van der Waals surface area contributed by atoms with E-state index in [0.717, 1.165) is 0 Å². The average Bonchev–Trinajstić information content (AvgIpc) is 2.69. The Kier molecular flexibility index (Phi) is 3.79. The summed E-state index contributed by atoms with van der Waals surface area (Å²) < 4.78 is 23.7. The van der Waals surface area contributed by atoms with Crippen LogP contribution < -0.4 is 0 Å². The summed E-state index contributed by atoms with van der Waals surface area (Å²) in [6, 6.07) is 5.47. The quantitative estimate of drug-likeness (QED) is 0.772. The van der Waals surface area contributed by atoms with Crippen LogP contribution in [0.25, 0.3) is 0 Å². The molecule has 0 spiro atoms. The molecule has 0 fully saturated rings. The van der Waals surface area contributed by atoms with Gasteiger partial charge in [0.1, 0.15) is 11.9 Å². The summed E-state index contributed by atoms with van der Waals surface area (Å²) in [7, 11) is 2.87. The van der Waals surface area contributed by atoms with Crippen molar-refractivity contribution in [1.29, 1.82) is 5.26 Å². The van der Waals surface area contributed by atoms with E-state index < -0.39 is 24.1 Å². The van der Waals surface area contributed by atoms with Crippen molar-refractivity contribution in [2.45, 2.75) is 12.3 Å². The predicted octanol–water partition coefficient (Wildman–Crippen LogP) is 1.47. The van der Waals surface area contributed by atoms with E-state index in [0.29, 0.717) is 5.56 Å². The van der Waals surface area contributed by atoms with Gasteiger partial charge in [0.05, 0.1) is 18.2 Å². The Balaban J connectivity index is 2.37. The van der Waals surface area contributed by atoms with Gasteiger partial charge in [0.15, 0.2) is 6.29 Å². The van der Waals surface area contributed by atoms with Gasteiger partial charge in [-0.15, -0.1) is 0 Å². The molecule has 100 valence electrons. The monoisotopic (exact) mass is 264 g/mol. The first-order valence-corrected chi connectivity index (χ1v) is 5.68. The minimum Gasteiger partial charge on any atom is -0.354 e. The topological polar surface area (TPSA) is 62.6 Å². The van der Waals surface area contributed by atoms with E-state index in [2.05, 4.69) is 0 Å². The fraction of sp³-hybridized carbons (Fsp3) is 0.385. The zero-order chi connectivity index (χ0) is 14.0. The van der Waals surface area contributed by atoms with Gasteiger partial charge in [0, 0.05) is 19.8 Å². The zero-order valence-electron chi connectivity index (χ0n) is 10.6. The zero-order valence-corrected chi connectivity index (χ0v) is 10.6. The van der Waals surface area contributed by atoms with Gasteiger partial charge in [-0.3, -0.25) is 4.79 Å². The molecule has 5 nitrogen and oxygen atoms in total. The highest BCUT2D eigenvalue weighted by molar-refractivity contribution is 6.00. The lowest BCUT2D eigenvalue weighted by Crippen LogP contribution is -2.37. The number of carbonyl (C=O) groups excluding carboxylic acids is 1. The van der Waals surface area contributed by atoms with Crippen LogP contribution in [0.1, 0.15) is 22.0 Å². The first kappa shape index (κ1) is 13.5. The molecule has 2 rings (SSSR count). The molecule has 1 amide bonds. The molecule has 19 heavy (non-hydrogen) atoms. The van der Waals surface area contributed by atoms with Gasteiger partial charge in [-0.05, 0) is 6.07 Å². The Morgan fingerprint density at radius 1 is 1.47 bits per heavy atom. The smallest absolute Gasteiger partial charge is 0.258 e. The first-order chi connectivity index (χ1) is 9.13. The van der Waals surface area contributed by atoms with Gasteiger partial charge in [0.2, 0.25) is 0 Å². The third-order valence-corrected chi connectivity index (χ3v) is 3.12. The second kappa shape index (κ2) is 5.34. The third kappa shape index (κ3) is 2.18. The molecular weight excluding hydrogens is 251 g/mol. The molecule has 0 N–H and O–H groups in total. The van der Waals surface area contributed by atoms with Crippen LogP contribution in [0, 0.1) is 17.1 Å². The molecule has 1 unspecified atom stereocenters. The Bertz CT molecular complexity index is 537. The van der Waals surface area contributed by atoms with Gasteiger partial charge in [-0.25, -0.2) is 4.39 Å². The molecule has 0 saturated carbocycles. The molecule has 6 heteroatoms. The minimum absolute atomic E-state index is 0.0417. The number of benzene rings is 1. The largest absolute Gasteiger partial charge is 0.354 e. The number of hydrogen-bond donors (Lipinski definition) is 0. The standard InChI is InChI=1S/C13H13FN2O3/c1-18-11(19-2)7-16-10(6-15)8-4-3-5-9(14)12(8)13(16)17/h3-5,10-11H,7H2,1-2H3. The van der Waals surface area contributed by atoms with Crippen molar-refractivity contribution in [1.82, 2.24) is 4.90 Å². The van der Waals surface area contributed by atoms with Crippen LogP contribution in [0.3, 0.4) is 0 Å². The van der Waals surface area contributed by atoms with Crippen LogP contribution >= 0.6 is 0 Å². The van der Waals surface area contributed by atoms with Crippen LogP contribution in [0.4, 0.5) is 4.39 Å². The summed E-state index contributed by atoms with van der Waals surface area (Å²) >= 11 is 0. The average molecular weight is 264 g/mol. The summed E-state index contributed by atoms with van der Waals surface area (Å²) in [4.78, 5) is 13.4. The molecule has 1 atom stereocenters. The Labute approximate surface area is 110 Å². The molecule has 0 radical (unpaired) electrons. The Hall–Kier alpha value is -1.97. The fourth-order valence-electron chi connectivity index (χ4n) is 2.16. The number of amides is 1. The fourth-order valence-corrected chi connectivity index (χ4v) is 2.16. The summed E-state index contributed by atoms with van der Waals surface area (Å²) in [6.07, 6.45) is -0.655. The first-order valence-electron chi connectivity index (χ1n) is 5.68. The van der Waals surface area contributed by atoms with Crippen LogP contribution in [0.15, 0.2) is 18.2 Å². The summed E-state index contributed by atoms with van der Waals surface area (Å²) in [5.41, 5.74) is 0.346. The number of methoxy groups -OCH3 is 2. The maximum atomic E-state index is 13.7. The van der Waals surface area contributed by atoms with Crippen molar-refractivity contribution in [3.8, 4) is 6.07 Å². The van der Waals surface area contributed by atoms with E-state index in [1.807, 2.05) is 6.07 Å². The van der Waals surface area contributed by atoms with Gasteiger partial charge < -0.3 is 14.4 Å². The highest BCUT2D eigenvalue weighted by Gasteiger charge is 2.39. The molecule has 0 bridgehead atoms. The second-order valence-electron chi connectivity index (χ2n) is 4.09. The number of carbonyl (C=O) groups is 1. The van der Waals surface area contributed by atoms with Crippen molar-refractivity contribution in [2.24, 2.45) is 0 Å². The molecule has 1 heterocycles. The summed E-state index contributed by atoms with van der Waals surface area (Å²) in [5.74, 6) is -1.13. The maximum absolute atomic E-state index is 13.7. The van der Waals surface area contributed by atoms with Gasteiger partial charge >= 0.3 is 0 Å². The van der Waals surface area contributed by atoms with Crippen molar-refractivity contribution in [3.05, 3.63) is 35.1 Å². The van der Waals surface area contributed by atoms with Crippen LogP contribution in [-0.4, -0.2) is 37.9 Å². The highest BCUT2D eigenvalue weighted by Crippen LogP contribution is 2.34. The van der Waals surface area contributed by atoms with Crippen LogP contribution in [0.2, 0.25) is 0 Å². The highest BCUT2D eigenvalue weighted by atomic mass is 19.1. The van der Waals surface area contributed by atoms with E-state index in [1.165, 1.54) is 31.3 Å². The van der Waals surface area contributed by atoms with Crippen molar-refractivity contribution >= 4 is 5.91 Å². The number of hydrogen-bond acceptors (Lipinski definition) is 4. The number of halogens is 1. The number of nitriles is 1. The molecule has 0 saturated heterocycles. The summed E-state index contributed by atoms with van der Waals surface area (Å²) in [5, 5.41) is 9.20. The number of ether oxygens (including phenoxy) is 2. The molecule has 1 aromatic carbocycles. The predicted molar refractivity (Wildman–Crippen MR) is 63.6 cm³/mol. The van der Waals surface area contributed by atoms with Gasteiger partial charge in [-0.1, -0.05) is 12.1 Å². The van der Waals surface area contributed by atoms with E-state index in [1.54, 1.807) is 6.07 Å². The van der Waals surface area contributed by atoms with Crippen molar-refractivity contribution in [2.75, 3.05) is 20.8 Å². The number of rotatable bonds is 4. The van der Waals surface area contributed by atoms with Crippen LogP contribution in [-0.2, 0) is 9.47 Å². The van der Waals surface area contributed by atoms with Crippen LogP contribution in [0.5, 0.6) is 0 Å². The molecule has 0 aliphatic carbocycles. The molecular formula is C13H13FN2O3. The lowest BCUT2D eigenvalue weighted by atomic mass is 10.1.